The number of anilines is 1. The number of ether oxygens (including phenoxy) is 5. The molecule has 0 radical (unpaired) electrons. The lowest BCUT2D eigenvalue weighted by Gasteiger charge is -2.27. The van der Waals surface area contributed by atoms with Crippen molar-refractivity contribution in [3.8, 4) is 0 Å². The van der Waals surface area contributed by atoms with Gasteiger partial charge < -0.3 is 101 Å². The van der Waals surface area contributed by atoms with Gasteiger partial charge in [0.25, 0.3) is 0 Å². The first kappa shape index (κ1) is 143. The monoisotopic (exact) mass is 1930 g/mol. The molecule has 31 nitrogen and oxygen atoms in total. The molecule has 1 fully saturated rings. The van der Waals surface area contributed by atoms with Crippen molar-refractivity contribution < 1.29 is 66.8 Å². The second-order valence-electron chi connectivity index (χ2n) is 33.5. The zero-order chi connectivity index (χ0) is 105. The molecule has 0 spiro atoms. The third-order valence-electron chi connectivity index (χ3n) is 16.8. The summed E-state index contributed by atoms with van der Waals surface area (Å²) in [5, 5.41) is 10.8. The summed E-state index contributed by atoms with van der Waals surface area (Å²) in [6.45, 7) is 79.2. The molecule has 0 saturated carbocycles. The van der Waals surface area contributed by atoms with Crippen LogP contribution >= 0.6 is 12.4 Å². The van der Waals surface area contributed by atoms with Crippen LogP contribution in [-0.2, 0) is 73.4 Å². The third-order valence-corrected chi connectivity index (χ3v) is 16.8. The lowest BCUT2D eigenvalue weighted by atomic mass is 9.94. The van der Waals surface area contributed by atoms with Crippen LogP contribution in [0.4, 0.5) is 5.69 Å². The number of benzene rings is 2. The number of Topliss-reactive ketones (excluding diaryl/α,β-unsaturated/α-hetero) is 1. The first-order valence-electron chi connectivity index (χ1n) is 45.1. The maximum Gasteiger partial charge on any atom is 0.333 e. The van der Waals surface area contributed by atoms with Gasteiger partial charge in [-0.25, -0.2) is 19.2 Å². The van der Waals surface area contributed by atoms with Crippen molar-refractivity contribution in [1.29, 1.82) is 0 Å². The number of halogens is 1. The normalized spacial score (nSPS) is 10.7. The number of aromatic nitrogens is 1. The van der Waals surface area contributed by atoms with E-state index in [1.54, 1.807) is 66.1 Å². The standard InChI is InChI=1S/C11H22N2O.C11H15N.C10H19NO2.C9H18N2O.C9H15NO3.C9H17NO2.C8H16N2O.C8H15NO2.C8H9N.2C7H14N2O.C7H7N.ClH/c1-9(2)11(14)10(7-12(3)4)8-13(5)6;1-4-10-5-7-11(8-6-10)9-12(2)3;1-6-9(12)13-8-10(2,3)7-11(4)5;1-8(2)9(12)10-6-5-7-11(3)4;1-2-9(11)13-8-5-10-3-6-12-7-4-10;1-4-9(11)12-8-7-10(5-2)6-3;1-7(2)8(11)9-5-6-10(3)4;1-7(2)8(10)11-6-5-9(3)4;1-2-7-4-3-5-8(9)6-7;2*1-6(2)7(10)9-5-3-4-8;1-2-7-3-5-8-6-4-7;/h10H,1,7-8H2,2-6H3;4-8H,1,9H2,2-3H3;6H,1,7-8H2,2-5H3;1,5-7H2,2-4H3,(H,10,12);2H,1,3-8H2;4H,1,5-8H2,2-3H3;1,5-6H2,2-4H3,(H,9,11);1,5-6H2,2-4H3;2-6H,1,9H2;2*1,3-5,8H2,2H3,(H,9,10);2-6H,1H2;1H. The van der Waals surface area contributed by atoms with Gasteiger partial charge in [-0.15, -0.1) is 12.4 Å². The molecule has 2 aromatic carbocycles. The molecule has 4 rings (SSSR count). The lowest BCUT2D eigenvalue weighted by Crippen LogP contribution is -2.38. The van der Waals surface area contributed by atoms with Gasteiger partial charge in [-0.05, 0) is 244 Å². The molecular formula is C104H182ClN17O14. The Morgan fingerprint density at radius 3 is 1.21 bits per heavy atom. The number of allylic oxidation sites excluding steroid dienone is 1. The molecule has 0 aliphatic carbocycles. The predicted octanol–water partition coefficient (Wildman–Crippen LogP) is 11.3. The highest BCUT2D eigenvalue weighted by Crippen LogP contribution is 2.17. The number of pyridine rings is 1. The first-order valence-corrected chi connectivity index (χ1v) is 45.1. The molecule has 10 N–H and O–H groups in total. The van der Waals surface area contributed by atoms with E-state index in [9.17, 15) is 43.2 Å². The fourth-order valence-corrected chi connectivity index (χ4v) is 9.67. The van der Waals surface area contributed by atoms with E-state index in [4.69, 9.17) is 40.9 Å². The number of amides is 4. The Hall–Kier alpha value is -10.5. The number of morpholine rings is 1. The molecule has 0 unspecified atom stereocenters. The van der Waals surface area contributed by atoms with Crippen LogP contribution in [0.15, 0.2) is 204 Å². The van der Waals surface area contributed by atoms with Gasteiger partial charge in [-0.1, -0.05) is 161 Å². The van der Waals surface area contributed by atoms with Crippen LogP contribution in [0.25, 0.3) is 18.2 Å². The molecule has 3 aromatic rings. The number of esters is 4. The van der Waals surface area contributed by atoms with Crippen molar-refractivity contribution in [3.63, 3.8) is 0 Å². The third kappa shape index (κ3) is 104. The molecule has 1 aliphatic heterocycles. The highest BCUT2D eigenvalue weighted by molar-refractivity contribution is 5.96. The zero-order valence-corrected chi connectivity index (χ0v) is 88.9. The van der Waals surface area contributed by atoms with Gasteiger partial charge in [0.05, 0.1) is 19.8 Å². The molecule has 1 saturated heterocycles. The van der Waals surface area contributed by atoms with E-state index in [-0.39, 0.29) is 77.0 Å². The van der Waals surface area contributed by atoms with E-state index in [1.807, 2.05) is 147 Å². The Labute approximate surface area is 828 Å². The highest BCUT2D eigenvalue weighted by Gasteiger charge is 2.22. The van der Waals surface area contributed by atoms with E-state index in [0.717, 1.165) is 141 Å². The summed E-state index contributed by atoms with van der Waals surface area (Å²) in [7, 11) is 27.9. The van der Waals surface area contributed by atoms with Crippen molar-refractivity contribution in [3.05, 3.63) is 226 Å². The van der Waals surface area contributed by atoms with Gasteiger partial charge >= 0.3 is 23.9 Å². The van der Waals surface area contributed by atoms with Gasteiger partial charge in [-0.3, -0.25) is 33.9 Å². The number of carbonyl (C=O) groups excluding carboxylic acids is 9. The van der Waals surface area contributed by atoms with Crippen LogP contribution in [0, 0.1) is 11.3 Å². The topological polar surface area (TPSA) is 368 Å². The molecule has 0 bridgehead atoms. The van der Waals surface area contributed by atoms with Gasteiger partial charge in [0.1, 0.15) is 19.8 Å². The largest absolute Gasteiger partial charge is 0.462 e. The van der Waals surface area contributed by atoms with Crippen molar-refractivity contribution in [2.24, 2.45) is 22.8 Å². The number of hydrogen-bond donors (Lipinski definition) is 7. The van der Waals surface area contributed by atoms with Crippen LogP contribution < -0.4 is 38.5 Å². The lowest BCUT2D eigenvalue weighted by molar-refractivity contribution is -0.141. The molecule has 2 heterocycles. The van der Waals surface area contributed by atoms with Crippen LogP contribution in [0.5, 0.6) is 0 Å². The van der Waals surface area contributed by atoms with Crippen LogP contribution in [0.3, 0.4) is 0 Å². The Balaban J connectivity index is -0.000000185. The summed E-state index contributed by atoms with van der Waals surface area (Å²) in [4.78, 5) is 121. The van der Waals surface area contributed by atoms with Gasteiger partial charge in [0.15, 0.2) is 5.78 Å². The minimum absolute atomic E-state index is 0. The zero-order valence-electron chi connectivity index (χ0n) is 88.1. The SMILES string of the molecule is C=C(C)C(=O)C(CN(C)C)CN(C)C.C=C(C)C(=O)NCCCN.C=C(C)C(=O)NCCCN.C=C(C)C(=O)NCCCN(C)C.C=C(C)C(=O)NCCN(C)C.C=C(C)C(=O)OCCN(C)C.C=CC(=O)OCC(C)(C)CN(C)C.C=CC(=O)OCCN(CC)CC.C=CC(=O)OCCN1CCOCC1.C=Cc1ccc(CN(C)C)cc1.C=Cc1cccc(N)c1.C=Cc1ccncc1.Cl. The molecule has 1 aromatic heterocycles. The number of nitrogens with one attached hydrogen (secondary N) is 4. The molecule has 0 atom stereocenters. The van der Waals surface area contributed by atoms with Gasteiger partial charge in [0, 0.05) is 167 Å². The highest BCUT2D eigenvalue weighted by atomic mass is 35.5. The summed E-state index contributed by atoms with van der Waals surface area (Å²) in [5.74, 6) is -1.44. The predicted molar refractivity (Wildman–Crippen MR) is 572 cm³/mol. The number of nitrogens with zero attached hydrogens (tertiary/aromatic N) is 10. The summed E-state index contributed by atoms with van der Waals surface area (Å²) < 4.78 is 24.7. The summed E-state index contributed by atoms with van der Waals surface area (Å²) in [6, 6.07) is 19.9. The van der Waals surface area contributed by atoms with E-state index in [1.165, 1.54) is 29.4 Å². The van der Waals surface area contributed by atoms with Gasteiger partial charge in [-0.2, -0.15) is 0 Å². The second kappa shape index (κ2) is 94.8. The van der Waals surface area contributed by atoms with E-state index < -0.39 is 0 Å². The number of hydrogen-bond acceptors (Lipinski definition) is 27. The van der Waals surface area contributed by atoms with Crippen molar-refractivity contribution >= 4 is 89.6 Å². The molecule has 774 valence electrons. The fraction of sp³-hybridized carbons (Fsp3) is 0.519. The molecule has 136 heavy (non-hydrogen) atoms. The number of rotatable bonds is 47. The second-order valence-corrected chi connectivity index (χ2v) is 33.5. The molecule has 1 aliphatic rings. The minimum atomic E-state index is -0.355. The Morgan fingerprint density at radius 2 is 0.868 bits per heavy atom. The number of nitrogen functional groups attached to an aromatic ring is 1. The summed E-state index contributed by atoms with van der Waals surface area (Å²) in [5.41, 5.74) is 24.7. The number of ketones is 1. The Kier molecular flexibility index (Phi) is 100.0. The minimum Gasteiger partial charge on any atom is -0.462 e. The number of likely N-dealkylation sites (N-methyl/N-ethyl adjacent to an activating group) is 3. The Bertz CT molecular complexity index is 3740. The average Bonchev–Trinajstić information content (AvgIpc) is 0.905. The molecular weight excluding hydrogens is 1750 g/mol. The van der Waals surface area contributed by atoms with Crippen molar-refractivity contribution in [2.45, 2.75) is 95.0 Å². The van der Waals surface area contributed by atoms with E-state index in [0.29, 0.717) is 92.6 Å². The maximum absolute atomic E-state index is 11.8. The molecule has 32 heteroatoms. The molecule has 4 amide bonds. The van der Waals surface area contributed by atoms with Crippen molar-refractivity contribution in [1.82, 2.24) is 70.4 Å². The van der Waals surface area contributed by atoms with Crippen molar-refractivity contribution in [2.75, 3.05) is 262 Å². The summed E-state index contributed by atoms with van der Waals surface area (Å²) in [6.07, 6.45) is 15.1. The first-order chi connectivity index (χ1) is 63.2. The van der Waals surface area contributed by atoms with Crippen LogP contribution in [-0.4, -0.2) is 358 Å². The average molecular weight is 1930 g/mol. The summed E-state index contributed by atoms with van der Waals surface area (Å²) >= 11 is 0. The quantitative estimate of drug-likeness (QED) is 0.00908. The number of carbonyl (C=O) groups is 9. The maximum atomic E-state index is 11.8. The van der Waals surface area contributed by atoms with Crippen LogP contribution in [0.2, 0.25) is 0 Å². The van der Waals surface area contributed by atoms with Gasteiger partial charge in [0.2, 0.25) is 23.6 Å². The van der Waals surface area contributed by atoms with Crippen LogP contribution in [0.1, 0.15) is 111 Å². The smallest absolute Gasteiger partial charge is 0.333 e. The van der Waals surface area contributed by atoms with E-state index >= 15 is 0 Å². The number of nitrogens with two attached hydrogens (primary N) is 3. The van der Waals surface area contributed by atoms with E-state index in [2.05, 4.69) is 196 Å². The fourth-order valence-electron chi connectivity index (χ4n) is 9.67. The Morgan fingerprint density at radius 1 is 0.471 bits per heavy atom.